The molecular formula is C18H22N4. The van der Waals surface area contributed by atoms with Gasteiger partial charge < -0.3 is 11.1 Å². The fourth-order valence-electron chi connectivity index (χ4n) is 3.23. The minimum absolute atomic E-state index is 0.137. The van der Waals surface area contributed by atoms with Crippen LogP contribution in [-0.2, 0) is 5.41 Å². The van der Waals surface area contributed by atoms with Gasteiger partial charge >= 0.3 is 0 Å². The number of anilines is 1. The molecule has 114 valence electrons. The summed E-state index contributed by atoms with van der Waals surface area (Å²) in [5.74, 6) is 1.16. The first-order chi connectivity index (χ1) is 10.8. The number of hydrogen-bond acceptors (Lipinski definition) is 2. The number of rotatable bonds is 4. The molecule has 4 heteroatoms. The van der Waals surface area contributed by atoms with Crippen LogP contribution in [-0.4, -0.2) is 17.5 Å². The highest BCUT2D eigenvalue weighted by atomic mass is 15.1. The molecule has 1 aromatic carbocycles. The molecule has 1 fully saturated rings. The molecule has 1 heterocycles. The highest BCUT2D eigenvalue weighted by molar-refractivity contribution is 5.91. The van der Waals surface area contributed by atoms with E-state index in [1.165, 1.54) is 31.2 Å². The minimum atomic E-state index is 0.137. The summed E-state index contributed by atoms with van der Waals surface area (Å²) in [7, 11) is 0. The van der Waals surface area contributed by atoms with Crippen LogP contribution in [0.4, 0.5) is 5.82 Å². The van der Waals surface area contributed by atoms with E-state index in [4.69, 9.17) is 5.73 Å². The van der Waals surface area contributed by atoms with Crippen molar-refractivity contribution < 1.29 is 0 Å². The first-order valence-corrected chi connectivity index (χ1v) is 7.82. The fourth-order valence-corrected chi connectivity index (χ4v) is 3.23. The second-order valence-electron chi connectivity index (χ2n) is 5.89. The molecule has 3 N–H and O–H groups in total. The molecule has 3 rings (SSSR count). The van der Waals surface area contributed by atoms with Crippen LogP contribution in [0, 0.1) is 0 Å². The summed E-state index contributed by atoms with van der Waals surface area (Å²) in [5, 5.41) is 3.05. The molecular weight excluding hydrogens is 272 g/mol. The molecule has 22 heavy (non-hydrogen) atoms. The Morgan fingerprint density at radius 3 is 2.50 bits per heavy atom. The molecule has 1 aromatic heterocycles. The van der Waals surface area contributed by atoms with Crippen LogP contribution < -0.4 is 11.1 Å². The highest BCUT2D eigenvalue weighted by Gasteiger charge is 2.35. The van der Waals surface area contributed by atoms with E-state index in [0.29, 0.717) is 5.96 Å². The number of hydrogen-bond donors (Lipinski definition) is 2. The number of aliphatic imine (C=N–C) groups is 1. The van der Waals surface area contributed by atoms with Gasteiger partial charge in [0.05, 0.1) is 6.54 Å². The lowest BCUT2D eigenvalue weighted by Gasteiger charge is -2.28. The third kappa shape index (κ3) is 3.27. The topological polar surface area (TPSA) is 63.3 Å². The van der Waals surface area contributed by atoms with Gasteiger partial charge in [0.15, 0.2) is 5.96 Å². The quantitative estimate of drug-likeness (QED) is 0.671. The van der Waals surface area contributed by atoms with Crippen molar-refractivity contribution in [2.45, 2.75) is 31.1 Å². The number of guanidine groups is 1. The largest absolute Gasteiger partial charge is 0.370 e. The smallest absolute Gasteiger partial charge is 0.194 e. The first kappa shape index (κ1) is 14.6. The Labute approximate surface area is 131 Å². The van der Waals surface area contributed by atoms with E-state index in [2.05, 4.69) is 45.6 Å². The monoisotopic (exact) mass is 294 g/mol. The van der Waals surface area contributed by atoms with Crippen molar-refractivity contribution in [1.82, 2.24) is 4.98 Å². The third-order valence-corrected chi connectivity index (χ3v) is 4.42. The molecule has 0 bridgehead atoms. The standard InChI is InChI=1S/C18H22N4/c19-17(22-16-10-4-7-13-20-16)21-14-18(11-5-6-12-18)15-8-2-1-3-9-15/h1-4,7-10,13H,5-6,11-12,14H2,(H3,19,20,21,22). The van der Waals surface area contributed by atoms with E-state index in [0.717, 1.165) is 12.4 Å². The Balaban J connectivity index is 1.73. The summed E-state index contributed by atoms with van der Waals surface area (Å²) in [6.07, 6.45) is 6.61. The molecule has 2 aromatic rings. The van der Waals surface area contributed by atoms with E-state index in [9.17, 15) is 0 Å². The maximum atomic E-state index is 6.02. The van der Waals surface area contributed by atoms with Crippen molar-refractivity contribution in [3.05, 3.63) is 60.3 Å². The zero-order valence-corrected chi connectivity index (χ0v) is 12.7. The molecule has 1 aliphatic carbocycles. The van der Waals surface area contributed by atoms with Crippen LogP contribution in [0.2, 0.25) is 0 Å². The van der Waals surface area contributed by atoms with Crippen LogP contribution in [0.5, 0.6) is 0 Å². The number of nitrogens with two attached hydrogens (primary N) is 1. The minimum Gasteiger partial charge on any atom is -0.370 e. The van der Waals surface area contributed by atoms with Gasteiger partial charge in [0.2, 0.25) is 0 Å². The number of pyridine rings is 1. The zero-order chi connectivity index (χ0) is 15.3. The average Bonchev–Trinajstić information content (AvgIpc) is 3.05. The molecule has 0 saturated heterocycles. The van der Waals surface area contributed by atoms with Gasteiger partial charge in [0, 0.05) is 11.6 Å². The maximum absolute atomic E-state index is 6.02. The lowest BCUT2D eigenvalue weighted by Crippen LogP contribution is -2.30. The van der Waals surface area contributed by atoms with Gasteiger partial charge in [0.25, 0.3) is 0 Å². The Morgan fingerprint density at radius 2 is 1.82 bits per heavy atom. The van der Waals surface area contributed by atoms with E-state index in [1.54, 1.807) is 6.20 Å². The van der Waals surface area contributed by atoms with Crippen LogP contribution in [0.3, 0.4) is 0 Å². The summed E-state index contributed by atoms with van der Waals surface area (Å²) < 4.78 is 0. The maximum Gasteiger partial charge on any atom is 0.194 e. The molecule has 0 aliphatic heterocycles. The molecule has 0 atom stereocenters. The first-order valence-electron chi connectivity index (χ1n) is 7.82. The average molecular weight is 294 g/mol. The van der Waals surface area contributed by atoms with Gasteiger partial charge in [-0.05, 0) is 30.5 Å². The predicted molar refractivity (Wildman–Crippen MR) is 90.9 cm³/mol. The fraction of sp³-hybridized carbons (Fsp3) is 0.333. The Hall–Kier alpha value is -2.36. The summed E-state index contributed by atoms with van der Waals surface area (Å²) in [6.45, 7) is 0.725. The molecule has 4 nitrogen and oxygen atoms in total. The molecule has 0 radical (unpaired) electrons. The Kier molecular flexibility index (Phi) is 4.37. The molecule has 0 spiro atoms. The summed E-state index contributed by atoms with van der Waals surface area (Å²) in [6, 6.07) is 16.4. The van der Waals surface area contributed by atoms with Crippen molar-refractivity contribution >= 4 is 11.8 Å². The van der Waals surface area contributed by atoms with Crippen molar-refractivity contribution in [3.63, 3.8) is 0 Å². The Bertz CT molecular complexity index is 616. The van der Waals surface area contributed by atoms with Crippen molar-refractivity contribution in [3.8, 4) is 0 Å². The van der Waals surface area contributed by atoms with E-state index >= 15 is 0 Å². The van der Waals surface area contributed by atoms with Gasteiger partial charge in [-0.15, -0.1) is 0 Å². The summed E-state index contributed by atoms with van der Waals surface area (Å²) in [4.78, 5) is 8.80. The lowest BCUT2D eigenvalue weighted by atomic mass is 9.79. The normalized spacial score (nSPS) is 17.4. The Morgan fingerprint density at radius 1 is 1.09 bits per heavy atom. The number of aromatic nitrogens is 1. The van der Waals surface area contributed by atoms with Crippen LogP contribution in [0.25, 0.3) is 0 Å². The molecule has 0 amide bonds. The van der Waals surface area contributed by atoms with Crippen LogP contribution in [0.1, 0.15) is 31.2 Å². The van der Waals surface area contributed by atoms with Gasteiger partial charge in [0.1, 0.15) is 5.82 Å². The van der Waals surface area contributed by atoms with Gasteiger partial charge in [-0.2, -0.15) is 0 Å². The second-order valence-corrected chi connectivity index (χ2v) is 5.89. The zero-order valence-electron chi connectivity index (χ0n) is 12.7. The third-order valence-electron chi connectivity index (χ3n) is 4.42. The van der Waals surface area contributed by atoms with Crippen LogP contribution in [0.15, 0.2) is 59.7 Å². The van der Waals surface area contributed by atoms with Crippen molar-refractivity contribution in [2.75, 3.05) is 11.9 Å². The number of nitrogens with zero attached hydrogens (tertiary/aromatic N) is 2. The molecule has 1 aliphatic rings. The summed E-state index contributed by atoms with van der Waals surface area (Å²) in [5.41, 5.74) is 7.53. The highest BCUT2D eigenvalue weighted by Crippen LogP contribution is 2.41. The van der Waals surface area contributed by atoms with Crippen LogP contribution >= 0.6 is 0 Å². The van der Waals surface area contributed by atoms with Gasteiger partial charge in [-0.25, -0.2) is 4.98 Å². The van der Waals surface area contributed by atoms with Gasteiger partial charge in [-0.1, -0.05) is 49.2 Å². The van der Waals surface area contributed by atoms with Gasteiger partial charge in [-0.3, -0.25) is 4.99 Å². The van der Waals surface area contributed by atoms with E-state index < -0.39 is 0 Å². The number of benzene rings is 1. The second kappa shape index (κ2) is 6.60. The van der Waals surface area contributed by atoms with E-state index in [-0.39, 0.29) is 5.41 Å². The lowest BCUT2D eigenvalue weighted by molar-refractivity contribution is 0.454. The molecule has 1 saturated carbocycles. The molecule has 0 unspecified atom stereocenters. The summed E-state index contributed by atoms with van der Waals surface area (Å²) >= 11 is 0. The number of nitrogens with one attached hydrogen (secondary N) is 1. The predicted octanol–water partition coefficient (Wildman–Crippen LogP) is 3.32. The van der Waals surface area contributed by atoms with E-state index in [1.807, 2.05) is 18.2 Å². The van der Waals surface area contributed by atoms with Crippen molar-refractivity contribution in [2.24, 2.45) is 10.7 Å². The van der Waals surface area contributed by atoms with Crippen molar-refractivity contribution in [1.29, 1.82) is 0 Å². The SMILES string of the molecule is NC(=NCC1(c2ccccc2)CCCC1)Nc1ccccn1.